The van der Waals surface area contributed by atoms with Crippen molar-refractivity contribution >= 4 is 6.01 Å². The third-order valence-electron chi connectivity index (χ3n) is 4.26. The Morgan fingerprint density at radius 3 is 3.04 bits per heavy atom. The fourth-order valence-corrected chi connectivity index (χ4v) is 2.99. The lowest BCUT2D eigenvalue weighted by Gasteiger charge is -2.32. The van der Waals surface area contributed by atoms with Crippen LogP contribution in [0.5, 0.6) is 0 Å². The Bertz CT molecular complexity index is 622. The molecule has 0 aliphatic carbocycles. The van der Waals surface area contributed by atoms with Gasteiger partial charge in [0.1, 0.15) is 6.10 Å². The number of hydrogen-bond donors (Lipinski definition) is 1. The predicted molar refractivity (Wildman–Crippen MR) is 86.2 cm³/mol. The minimum Gasteiger partial charge on any atom is -0.372 e. The van der Waals surface area contributed by atoms with E-state index in [1.54, 1.807) is 0 Å². The fourth-order valence-electron chi connectivity index (χ4n) is 2.99. The topological polar surface area (TPSA) is 78.0 Å². The molecule has 0 aromatic carbocycles. The zero-order valence-electron chi connectivity index (χ0n) is 14.0. The molecule has 0 bridgehead atoms. The highest BCUT2D eigenvalue weighted by atomic mass is 16.5. The van der Waals surface area contributed by atoms with Crippen LogP contribution < -0.4 is 5.32 Å². The second kappa shape index (κ2) is 7.12. The van der Waals surface area contributed by atoms with E-state index in [1.165, 1.54) is 0 Å². The molecule has 1 saturated heterocycles. The van der Waals surface area contributed by atoms with Crippen molar-refractivity contribution in [2.45, 2.75) is 52.2 Å². The van der Waals surface area contributed by atoms with Gasteiger partial charge >= 0.3 is 6.01 Å². The lowest BCUT2D eigenvalue weighted by Crippen LogP contribution is -2.30. The summed E-state index contributed by atoms with van der Waals surface area (Å²) in [6.07, 6.45) is 4.09. The van der Waals surface area contributed by atoms with E-state index >= 15 is 0 Å². The summed E-state index contributed by atoms with van der Waals surface area (Å²) in [6, 6.07) is 2.54. The minimum absolute atomic E-state index is 0.0613. The number of anilines is 1. The second-order valence-corrected chi connectivity index (χ2v) is 6.26. The van der Waals surface area contributed by atoms with Gasteiger partial charge in [-0.2, -0.15) is 10.1 Å². The Balaban J connectivity index is 1.67. The van der Waals surface area contributed by atoms with Gasteiger partial charge in [0, 0.05) is 37.7 Å². The van der Waals surface area contributed by atoms with Crippen LogP contribution in [0.15, 0.2) is 16.8 Å². The lowest BCUT2D eigenvalue weighted by atomic mass is 9.92. The largest absolute Gasteiger partial charge is 0.372 e. The van der Waals surface area contributed by atoms with Crippen molar-refractivity contribution in [1.82, 2.24) is 19.9 Å². The SMILES string of the molecule is CCn1nccc1[C@@H]1OCCC[C@H]1CNc1nc(C(C)C)no1. The summed E-state index contributed by atoms with van der Waals surface area (Å²) < 4.78 is 13.3. The summed E-state index contributed by atoms with van der Waals surface area (Å²) in [5, 5.41) is 11.6. The zero-order chi connectivity index (χ0) is 16.2. The Hall–Kier alpha value is -1.89. The van der Waals surface area contributed by atoms with Crippen LogP contribution in [0.1, 0.15) is 57.2 Å². The third kappa shape index (κ3) is 3.55. The lowest BCUT2D eigenvalue weighted by molar-refractivity contribution is -0.0289. The Labute approximate surface area is 136 Å². The summed E-state index contributed by atoms with van der Waals surface area (Å²) >= 11 is 0. The van der Waals surface area contributed by atoms with E-state index in [2.05, 4.69) is 33.5 Å². The van der Waals surface area contributed by atoms with Crippen molar-refractivity contribution in [2.75, 3.05) is 18.5 Å². The van der Waals surface area contributed by atoms with Crippen LogP contribution in [-0.2, 0) is 11.3 Å². The van der Waals surface area contributed by atoms with Crippen LogP contribution in [0.4, 0.5) is 6.01 Å². The molecule has 1 aliphatic heterocycles. The summed E-state index contributed by atoms with van der Waals surface area (Å²) in [5.41, 5.74) is 1.15. The van der Waals surface area contributed by atoms with Crippen molar-refractivity contribution in [3.63, 3.8) is 0 Å². The maximum atomic E-state index is 6.04. The van der Waals surface area contributed by atoms with Crippen molar-refractivity contribution in [3.05, 3.63) is 23.8 Å². The van der Waals surface area contributed by atoms with Gasteiger partial charge in [0.15, 0.2) is 5.82 Å². The first-order valence-electron chi connectivity index (χ1n) is 8.39. The quantitative estimate of drug-likeness (QED) is 0.882. The average Bonchev–Trinajstić information content (AvgIpc) is 3.22. The molecule has 1 aliphatic rings. The molecule has 2 aromatic heterocycles. The summed E-state index contributed by atoms with van der Waals surface area (Å²) in [6.45, 7) is 8.59. The van der Waals surface area contributed by atoms with E-state index in [0.717, 1.165) is 44.1 Å². The van der Waals surface area contributed by atoms with Crippen molar-refractivity contribution in [2.24, 2.45) is 5.92 Å². The highest BCUT2D eigenvalue weighted by Crippen LogP contribution is 2.33. The number of rotatable bonds is 6. The first kappa shape index (κ1) is 16.0. The molecule has 0 radical (unpaired) electrons. The summed E-state index contributed by atoms with van der Waals surface area (Å²) in [4.78, 5) is 4.37. The van der Waals surface area contributed by atoms with Crippen LogP contribution in [0.25, 0.3) is 0 Å². The van der Waals surface area contributed by atoms with Gasteiger partial charge in [0.25, 0.3) is 0 Å². The highest BCUT2D eigenvalue weighted by Gasteiger charge is 2.30. The molecule has 2 atom stereocenters. The van der Waals surface area contributed by atoms with Crippen molar-refractivity contribution in [3.8, 4) is 0 Å². The van der Waals surface area contributed by atoms with E-state index in [9.17, 15) is 0 Å². The Morgan fingerprint density at radius 1 is 1.43 bits per heavy atom. The monoisotopic (exact) mass is 319 g/mol. The molecule has 3 heterocycles. The Morgan fingerprint density at radius 2 is 2.30 bits per heavy atom. The molecule has 0 amide bonds. The van der Waals surface area contributed by atoms with E-state index in [1.807, 2.05) is 24.7 Å². The molecule has 2 aromatic rings. The first-order chi connectivity index (χ1) is 11.2. The predicted octanol–water partition coefficient (Wildman–Crippen LogP) is 2.99. The number of aryl methyl sites for hydroxylation is 1. The van der Waals surface area contributed by atoms with Crippen LogP contribution in [0, 0.1) is 5.92 Å². The number of aromatic nitrogens is 4. The van der Waals surface area contributed by atoms with E-state index in [-0.39, 0.29) is 12.0 Å². The van der Waals surface area contributed by atoms with Gasteiger partial charge < -0.3 is 14.6 Å². The maximum absolute atomic E-state index is 6.04. The van der Waals surface area contributed by atoms with Crippen molar-refractivity contribution in [1.29, 1.82) is 0 Å². The highest BCUT2D eigenvalue weighted by molar-refractivity contribution is 5.20. The van der Waals surface area contributed by atoms with Gasteiger partial charge in [-0.05, 0) is 25.8 Å². The number of ether oxygens (including phenoxy) is 1. The molecule has 1 fully saturated rings. The molecular formula is C16H25N5O2. The molecule has 3 rings (SSSR count). The molecule has 0 unspecified atom stereocenters. The van der Waals surface area contributed by atoms with Crippen LogP contribution >= 0.6 is 0 Å². The van der Waals surface area contributed by atoms with Crippen LogP contribution in [-0.4, -0.2) is 33.1 Å². The zero-order valence-corrected chi connectivity index (χ0v) is 14.0. The third-order valence-corrected chi connectivity index (χ3v) is 4.26. The average molecular weight is 319 g/mol. The van der Waals surface area contributed by atoms with E-state index in [4.69, 9.17) is 9.26 Å². The molecule has 7 heteroatoms. The van der Waals surface area contributed by atoms with E-state index < -0.39 is 0 Å². The van der Waals surface area contributed by atoms with Gasteiger partial charge in [-0.25, -0.2) is 0 Å². The molecule has 23 heavy (non-hydrogen) atoms. The van der Waals surface area contributed by atoms with Crippen LogP contribution in [0.3, 0.4) is 0 Å². The van der Waals surface area contributed by atoms with Gasteiger partial charge in [-0.3, -0.25) is 4.68 Å². The van der Waals surface area contributed by atoms with Gasteiger partial charge in [-0.1, -0.05) is 19.0 Å². The van der Waals surface area contributed by atoms with E-state index in [0.29, 0.717) is 11.9 Å². The normalized spacial score (nSPS) is 21.7. The maximum Gasteiger partial charge on any atom is 0.321 e. The number of hydrogen-bond acceptors (Lipinski definition) is 6. The molecule has 0 spiro atoms. The summed E-state index contributed by atoms with van der Waals surface area (Å²) in [7, 11) is 0. The molecule has 0 saturated carbocycles. The number of nitrogens with zero attached hydrogens (tertiary/aromatic N) is 4. The number of nitrogens with one attached hydrogen (secondary N) is 1. The fraction of sp³-hybridized carbons (Fsp3) is 0.688. The molecule has 126 valence electrons. The van der Waals surface area contributed by atoms with Crippen LogP contribution in [0.2, 0.25) is 0 Å². The molecular weight excluding hydrogens is 294 g/mol. The van der Waals surface area contributed by atoms with Gasteiger partial charge in [0.2, 0.25) is 0 Å². The first-order valence-corrected chi connectivity index (χ1v) is 8.39. The second-order valence-electron chi connectivity index (χ2n) is 6.26. The standard InChI is InChI=1S/C16H25N5O2/c1-4-21-13(7-8-18-21)14-12(6-5-9-22-14)10-17-16-19-15(11(2)3)20-23-16/h7-8,11-12,14H,4-6,9-10H2,1-3H3,(H,17,19,20)/t12-,14+/m0/s1. The molecule has 1 N–H and O–H groups in total. The smallest absolute Gasteiger partial charge is 0.321 e. The van der Waals surface area contributed by atoms with Gasteiger partial charge in [0.05, 0.1) is 5.69 Å². The van der Waals surface area contributed by atoms with Gasteiger partial charge in [-0.15, -0.1) is 0 Å². The molecule has 7 nitrogen and oxygen atoms in total. The minimum atomic E-state index is 0.0613. The summed E-state index contributed by atoms with van der Waals surface area (Å²) in [5.74, 6) is 1.35. The van der Waals surface area contributed by atoms with Crippen molar-refractivity contribution < 1.29 is 9.26 Å². The Kier molecular flexibility index (Phi) is 4.95.